The molecule has 0 aromatic heterocycles. The van der Waals surface area contributed by atoms with E-state index in [9.17, 15) is 9.59 Å². The van der Waals surface area contributed by atoms with Crippen LogP contribution in [-0.2, 0) is 11.2 Å². The molecule has 0 bridgehead atoms. The van der Waals surface area contributed by atoms with Gasteiger partial charge in [0.05, 0.1) is 0 Å². The molecular weight excluding hydrogens is 274 g/mol. The number of carbonyl (C=O) groups excluding carboxylic acids is 1. The van der Waals surface area contributed by atoms with Crippen LogP contribution in [0.4, 0.5) is 0 Å². The van der Waals surface area contributed by atoms with Gasteiger partial charge in [0.15, 0.2) is 0 Å². The standard InChI is InChI=1S/C11H10BrNO3/c12-8-3-1-2-7-6(8)4-5-9(11(15)16)13-10(7)14/h1-3,9H,4-5H2,(H,13,14)(H,15,16). The summed E-state index contributed by atoms with van der Waals surface area (Å²) in [6.45, 7) is 0. The molecule has 1 aromatic rings. The normalized spacial score (nSPS) is 19.6. The highest BCUT2D eigenvalue weighted by Gasteiger charge is 2.26. The van der Waals surface area contributed by atoms with E-state index in [-0.39, 0.29) is 5.91 Å². The maximum absolute atomic E-state index is 11.8. The number of nitrogens with one attached hydrogen (secondary N) is 1. The molecule has 1 aromatic carbocycles. The third-order valence-electron chi connectivity index (χ3n) is 2.65. The van der Waals surface area contributed by atoms with E-state index in [2.05, 4.69) is 21.2 Å². The predicted octanol–water partition coefficient (Wildman–Crippen LogP) is 1.58. The summed E-state index contributed by atoms with van der Waals surface area (Å²) in [6.07, 6.45) is 0.989. The fourth-order valence-corrected chi connectivity index (χ4v) is 2.37. The summed E-state index contributed by atoms with van der Waals surface area (Å²) in [5, 5.41) is 11.4. The van der Waals surface area contributed by atoms with Gasteiger partial charge in [-0.25, -0.2) is 4.79 Å². The van der Waals surface area contributed by atoms with Gasteiger partial charge >= 0.3 is 5.97 Å². The Morgan fingerprint density at radius 3 is 2.94 bits per heavy atom. The first kappa shape index (κ1) is 11.1. The highest BCUT2D eigenvalue weighted by Crippen LogP contribution is 2.24. The molecule has 2 N–H and O–H groups in total. The van der Waals surface area contributed by atoms with Crippen molar-refractivity contribution in [3.8, 4) is 0 Å². The Labute approximate surface area is 101 Å². The number of aliphatic carboxylic acids is 1. The van der Waals surface area contributed by atoms with Gasteiger partial charge in [0.25, 0.3) is 5.91 Å². The van der Waals surface area contributed by atoms with Gasteiger partial charge in [-0.3, -0.25) is 4.79 Å². The van der Waals surface area contributed by atoms with Crippen LogP contribution in [0.3, 0.4) is 0 Å². The van der Waals surface area contributed by atoms with E-state index >= 15 is 0 Å². The van der Waals surface area contributed by atoms with Gasteiger partial charge in [0.1, 0.15) is 6.04 Å². The Bertz CT molecular complexity index is 459. The second-order valence-corrected chi connectivity index (χ2v) is 4.52. The Kier molecular flexibility index (Phi) is 2.96. The molecule has 1 aliphatic rings. The molecule has 0 saturated carbocycles. The fraction of sp³-hybridized carbons (Fsp3) is 0.273. The average Bonchev–Trinajstić information content (AvgIpc) is 2.40. The van der Waals surface area contributed by atoms with Crippen LogP contribution >= 0.6 is 15.9 Å². The van der Waals surface area contributed by atoms with E-state index in [0.29, 0.717) is 18.4 Å². The molecule has 1 unspecified atom stereocenters. The molecule has 0 radical (unpaired) electrons. The molecule has 0 spiro atoms. The van der Waals surface area contributed by atoms with Crippen LogP contribution in [0.1, 0.15) is 22.3 Å². The lowest BCUT2D eigenvalue weighted by Gasteiger charge is -2.09. The lowest BCUT2D eigenvalue weighted by Crippen LogP contribution is -2.39. The molecular formula is C11H10BrNO3. The molecule has 4 nitrogen and oxygen atoms in total. The van der Waals surface area contributed by atoms with Crippen LogP contribution in [0.2, 0.25) is 0 Å². The molecule has 0 fully saturated rings. The Hall–Kier alpha value is -1.36. The first-order valence-electron chi connectivity index (χ1n) is 4.90. The van der Waals surface area contributed by atoms with Gasteiger partial charge in [0.2, 0.25) is 0 Å². The van der Waals surface area contributed by atoms with Crippen molar-refractivity contribution in [3.63, 3.8) is 0 Å². The monoisotopic (exact) mass is 283 g/mol. The smallest absolute Gasteiger partial charge is 0.326 e. The molecule has 1 aliphatic heterocycles. The van der Waals surface area contributed by atoms with Crippen LogP contribution in [0.5, 0.6) is 0 Å². The third kappa shape index (κ3) is 1.95. The van der Waals surface area contributed by atoms with Gasteiger partial charge < -0.3 is 10.4 Å². The Morgan fingerprint density at radius 1 is 1.50 bits per heavy atom. The number of hydrogen-bond donors (Lipinski definition) is 2. The van der Waals surface area contributed by atoms with Crippen molar-refractivity contribution in [2.75, 3.05) is 0 Å². The molecule has 1 heterocycles. The van der Waals surface area contributed by atoms with Gasteiger partial charge in [0, 0.05) is 10.0 Å². The zero-order valence-corrected chi connectivity index (χ0v) is 9.95. The molecule has 5 heteroatoms. The first-order chi connectivity index (χ1) is 7.59. The zero-order chi connectivity index (χ0) is 11.7. The molecule has 0 saturated heterocycles. The maximum atomic E-state index is 11.8. The number of halogens is 1. The summed E-state index contributed by atoms with van der Waals surface area (Å²) in [7, 11) is 0. The van der Waals surface area contributed by atoms with Crippen molar-refractivity contribution >= 4 is 27.8 Å². The second kappa shape index (κ2) is 4.25. The van der Waals surface area contributed by atoms with Crippen LogP contribution < -0.4 is 5.32 Å². The third-order valence-corrected chi connectivity index (χ3v) is 3.39. The number of fused-ring (bicyclic) bond motifs is 1. The SMILES string of the molecule is O=C1NC(C(=O)O)CCc2c(Br)cccc21. The zero-order valence-electron chi connectivity index (χ0n) is 8.37. The Balaban J connectivity index is 2.39. The minimum atomic E-state index is -0.989. The first-order valence-corrected chi connectivity index (χ1v) is 5.70. The molecule has 16 heavy (non-hydrogen) atoms. The minimum Gasteiger partial charge on any atom is -0.480 e. The lowest BCUT2D eigenvalue weighted by atomic mass is 10.0. The van der Waals surface area contributed by atoms with E-state index in [1.54, 1.807) is 12.1 Å². The summed E-state index contributed by atoms with van der Waals surface area (Å²) < 4.78 is 0.853. The molecule has 0 aliphatic carbocycles. The van der Waals surface area contributed by atoms with E-state index in [4.69, 9.17) is 5.11 Å². The largest absolute Gasteiger partial charge is 0.480 e. The van der Waals surface area contributed by atoms with Crippen LogP contribution in [0, 0.1) is 0 Å². The number of hydrogen-bond acceptors (Lipinski definition) is 2. The summed E-state index contributed by atoms with van der Waals surface area (Å²) in [6, 6.07) is 4.53. The second-order valence-electron chi connectivity index (χ2n) is 3.67. The van der Waals surface area contributed by atoms with Crippen molar-refractivity contribution in [1.29, 1.82) is 0 Å². The molecule has 2 rings (SSSR count). The summed E-state index contributed by atoms with van der Waals surface area (Å²) >= 11 is 3.37. The number of carbonyl (C=O) groups is 2. The quantitative estimate of drug-likeness (QED) is 0.822. The minimum absolute atomic E-state index is 0.318. The highest BCUT2D eigenvalue weighted by atomic mass is 79.9. The maximum Gasteiger partial charge on any atom is 0.326 e. The van der Waals surface area contributed by atoms with E-state index in [1.807, 2.05) is 6.07 Å². The van der Waals surface area contributed by atoms with Crippen LogP contribution in [0.15, 0.2) is 22.7 Å². The average molecular weight is 284 g/mol. The molecule has 84 valence electrons. The van der Waals surface area contributed by atoms with E-state index in [1.165, 1.54) is 0 Å². The van der Waals surface area contributed by atoms with Crippen molar-refractivity contribution in [2.45, 2.75) is 18.9 Å². The summed E-state index contributed by atoms with van der Waals surface area (Å²) in [5.41, 5.74) is 1.43. The number of benzene rings is 1. The summed E-state index contributed by atoms with van der Waals surface area (Å²) in [5.74, 6) is -1.31. The Morgan fingerprint density at radius 2 is 2.25 bits per heavy atom. The topological polar surface area (TPSA) is 66.4 Å². The van der Waals surface area contributed by atoms with Crippen molar-refractivity contribution in [2.24, 2.45) is 0 Å². The number of amides is 1. The van der Waals surface area contributed by atoms with Gasteiger partial charge in [-0.05, 0) is 30.5 Å². The molecule has 1 atom stereocenters. The summed E-state index contributed by atoms with van der Waals surface area (Å²) in [4.78, 5) is 22.6. The van der Waals surface area contributed by atoms with Crippen LogP contribution in [0.25, 0.3) is 0 Å². The van der Waals surface area contributed by atoms with Crippen molar-refractivity contribution < 1.29 is 14.7 Å². The molecule has 1 amide bonds. The number of carboxylic acids is 1. The number of carboxylic acid groups (broad SMARTS) is 1. The highest BCUT2D eigenvalue weighted by molar-refractivity contribution is 9.10. The van der Waals surface area contributed by atoms with E-state index in [0.717, 1.165) is 10.0 Å². The van der Waals surface area contributed by atoms with Gasteiger partial charge in [-0.15, -0.1) is 0 Å². The van der Waals surface area contributed by atoms with Crippen LogP contribution in [-0.4, -0.2) is 23.0 Å². The number of rotatable bonds is 1. The lowest BCUT2D eigenvalue weighted by molar-refractivity contribution is -0.139. The fourth-order valence-electron chi connectivity index (χ4n) is 1.81. The van der Waals surface area contributed by atoms with Gasteiger partial charge in [-0.2, -0.15) is 0 Å². The van der Waals surface area contributed by atoms with E-state index < -0.39 is 12.0 Å². The van der Waals surface area contributed by atoms with Crippen molar-refractivity contribution in [3.05, 3.63) is 33.8 Å². The van der Waals surface area contributed by atoms with Crippen molar-refractivity contribution in [1.82, 2.24) is 5.32 Å². The predicted molar refractivity (Wildman–Crippen MR) is 61.4 cm³/mol. The van der Waals surface area contributed by atoms with Gasteiger partial charge in [-0.1, -0.05) is 22.0 Å².